The number of rotatable bonds is 8. The van der Waals surface area contributed by atoms with Crippen LogP contribution >= 0.6 is 0 Å². The Morgan fingerprint density at radius 3 is 2.52 bits per heavy atom. The fraction of sp³-hybridized carbons (Fsp3) is 0.435. The maximum absolute atomic E-state index is 12.4. The Bertz CT molecular complexity index is 827. The number of ether oxygens (including phenoxy) is 1. The monoisotopic (exact) mass is 367 g/mol. The molecule has 0 saturated heterocycles. The number of carboxylic acids is 1. The number of carbonyl (C=O) groups is 1. The van der Waals surface area contributed by atoms with Gasteiger partial charge in [0.15, 0.2) is 5.60 Å². The number of hydrogen-bond acceptors (Lipinski definition) is 3. The van der Waals surface area contributed by atoms with Crippen LogP contribution in [0.15, 0.2) is 36.4 Å². The number of carboxylic acid groups (broad SMARTS) is 1. The largest absolute Gasteiger partial charge is 0.479 e. The van der Waals surface area contributed by atoms with Crippen LogP contribution in [0.1, 0.15) is 62.1 Å². The molecule has 0 bridgehead atoms. The van der Waals surface area contributed by atoms with Crippen molar-refractivity contribution < 1.29 is 14.6 Å². The minimum atomic E-state index is -1.44. The summed E-state index contributed by atoms with van der Waals surface area (Å²) >= 11 is 0. The molecule has 0 radical (unpaired) electrons. The zero-order valence-electron chi connectivity index (χ0n) is 16.4. The summed E-state index contributed by atoms with van der Waals surface area (Å²) in [6, 6.07) is 12.0. The van der Waals surface area contributed by atoms with E-state index in [4.69, 9.17) is 10.5 Å². The highest BCUT2D eigenvalue weighted by molar-refractivity contribution is 5.88. The van der Waals surface area contributed by atoms with Crippen molar-refractivity contribution in [1.29, 1.82) is 0 Å². The summed E-state index contributed by atoms with van der Waals surface area (Å²) in [5.74, 6) is -0.540. The van der Waals surface area contributed by atoms with Gasteiger partial charge < -0.3 is 15.6 Å². The van der Waals surface area contributed by atoms with E-state index in [1.807, 2.05) is 43.3 Å². The third-order valence-electron chi connectivity index (χ3n) is 5.51. The molecule has 1 unspecified atom stereocenters. The van der Waals surface area contributed by atoms with Gasteiger partial charge in [0.05, 0.1) is 0 Å². The van der Waals surface area contributed by atoms with Gasteiger partial charge in [0.1, 0.15) is 0 Å². The van der Waals surface area contributed by atoms with E-state index in [-0.39, 0.29) is 0 Å². The molecule has 3 rings (SSSR count). The molecular formula is C23H29NO3. The first-order valence-corrected chi connectivity index (χ1v) is 9.76. The van der Waals surface area contributed by atoms with Gasteiger partial charge in [0.25, 0.3) is 0 Å². The predicted molar refractivity (Wildman–Crippen MR) is 109 cm³/mol. The zero-order valence-corrected chi connectivity index (χ0v) is 16.4. The summed E-state index contributed by atoms with van der Waals surface area (Å²) in [5, 5.41) is 10.2. The van der Waals surface area contributed by atoms with Gasteiger partial charge in [-0.3, -0.25) is 0 Å². The number of nitrogens with two attached hydrogens (primary N) is 1. The average Bonchev–Trinajstić information content (AvgIpc) is 3.49. The minimum Gasteiger partial charge on any atom is -0.479 e. The Morgan fingerprint density at radius 1 is 1.30 bits per heavy atom. The van der Waals surface area contributed by atoms with E-state index in [0.717, 1.165) is 47.9 Å². The standard InChI is InChI=1S/C23H29NO3/c1-4-5-13-27-23(3,22(25)26)21-15(2)19(24)14-18(16-11-12-16)20(21)17-9-7-6-8-10-17/h6-10,14,16H,4-5,11-13,24H2,1-3H3,(H,25,26). The normalized spacial score (nSPS) is 16.1. The predicted octanol–water partition coefficient (Wildman–Crippen LogP) is 5.24. The van der Waals surface area contributed by atoms with Crippen molar-refractivity contribution in [1.82, 2.24) is 0 Å². The SMILES string of the molecule is CCCCOC(C)(C(=O)O)c1c(C)c(N)cc(C2CC2)c1-c1ccccc1. The number of hydrogen-bond donors (Lipinski definition) is 2. The van der Waals surface area contributed by atoms with Crippen molar-refractivity contribution in [2.45, 2.75) is 58.0 Å². The van der Waals surface area contributed by atoms with Gasteiger partial charge in [-0.15, -0.1) is 0 Å². The van der Waals surface area contributed by atoms with Crippen LogP contribution < -0.4 is 5.73 Å². The van der Waals surface area contributed by atoms with Crippen LogP contribution in [0.3, 0.4) is 0 Å². The first-order chi connectivity index (χ1) is 12.9. The second-order valence-corrected chi connectivity index (χ2v) is 7.61. The van der Waals surface area contributed by atoms with E-state index in [2.05, 4.69) is 6.92 Å². The molecule has 2 aromatic carbocycles. The topological polar surface area (TPSA) is 72.5 Å². The highest BCUT2D eigenvalue weighted by atomic mass is 16.5. The fourth-order valence-corrected chi connectivity index (χ4v) is 3.71. The summed E-state index contributed by atoms with van der Waals surface area (Å²) in [6.45, 7) is 6.03. The molecule has 1 atom stereocenters. The molecule has 1 aliphatic carbocycles. The smallest absolute Gasteiger partial charge is 0.340 e. The molecule has 0 spiro atoms. The first-order valence-electron chi connectivity index (χ1n) is 9.76. The second kappa shape index (κ2) is 7.73. The highest BCUT2D eigenvalue weighted by Gasteiger charge is 2.42. The van der Waals surface area contributed by atoms with Gasteiger partial charge in [0, 0.05) is 17.9 Å². The number of benzene rings is 2. The van der Waals surface area contributed by atoms with Crippen LogP contribution in [0, 0.1) is 6.92 Å². The van der Waals surface area contributed by atoms with Gasteiger partial charge in [-0.2, -0.15) is 0 Å². The third-order valence-corrected chi connectivity index (χ3v) is 5.51. The second-order valence-electron chi connectivity index (χ2n) is 7.61. The van der Waals surface area contributed by atoms with E-state index in [0.29, 0.717) is 23.8 Å². The molecule has 0 amide bonds. The van der Waals surface area contributed by atoms with Gasteiger partial charge in [-0.25, -0.2) is 4.79 Å². The molecule has 1 aliphatic rings. The lowest BCUT2D eigenvalue weighted by atomic mass is 9.80. The van der Waals surface area contributed by atoms with Crippen molar-refractivity contribution in [3.8, 4) is 11.1 Å². The molecule has 4 nitrogen and oxygen atoms in total. The van der Waals surface area contributed by atoms with Crippen LogP contribution in [0.25, 0.3) is 11.1 Å². The van der Waals surface area contributed by atoms with Crippen molar-refractivity contribution in [3.05, 3.63) is 53.1 Å². The Balaban J connectivity index is 2.27. The third kappa shape index (κ3) is 3.72. The molecule has 2 aromatic rings. The van der Waals surface area contributed by atoms with Crippen LogP contribution in [-0.2, 0) is 15.1 Å². The van der Waals surface area contributed by atoms with Gasteiger partial charge in [-0.1, -0.05) is 43.7 Å². The van der Waals surface area contributed by atoms with Gasteiger partial charge in [-0.05, 0) is 67.3 Å². The van der Waals surface area contributed by atoms with E-state index in [9.17, 15) is 9.90 Å². The summed E-state index contributed by atoms with van der Waals surface area (Å²) in [6.07, 6.45) is 4.00. The summed E-state index contributed by atoms with van der Waals surface area (Å²) in [4.78, 5) is 12.4. The van der Waals surface area contributed by atoms with E-state index in [1.165, 1.54) is 0 Å². The Kier molecular flexibility index (Phi) is 5.56. The summed E-state index contributed by atoms with van der Waals surface area (Å²) in [7, 11) is 0. The Labute approximate surface area is 161 Å². The maximum atomic E-state index is 12.4. The van der Waals surface area contributed by atoms with Gasteiger partial charge >= 0.3 is 5.97 Å². The highest BCUT2D eigenvalue weighted by Crippen LogP contribution is 2.50. The molecule has 144 valence electrons. The van der Waals surface area contributed by atoms with Crippen molar-refractivity contribution in [2.75, 3.05) is 12.3 Å². The molecule has 27 heavy (non-hydrogen) atoms. The van der Waals surface area contributed by atoms with E-state index < -0.39 is 11.6 Å². The van der Waals surface area contributed by atoms with E-state index in [1.54, 1.807) is 6.92 Å². The fourth-order valence-electron chi connectivity index (χ4n) is 3.71. The molecule has 1 fully saturated rings. The number of unbranched alkanes of at least 4 members (excludes halogenated alkanes) is 1. The maximum Gasteiger partial charge on any atom is 0.340 e. The lowest BCUT2D eigenvalue weighted by Gasteiger charge is -2.32. The Hall–Kier alpha value is -2.33. The molecule has 0 aliphatic heterocycles. The lowest BCUT2D eigenvalue weighted by Crippen LogP contribution is -2.37. The van der Waals surface area contributed by atoms with Gasteiger partial charge in [0.2, 0.25) is 0 Å². The lowest BCUT2D eigenvalue weighted by molar-refractivity contribution is -0.165. The summed E-state index contributed by atoms with van der Waals surface area (Å²) in [5.41, 5.74) is 10.2. The van der Waals surface area contributed by atoms with Crippen LogP contribution in [-0.4, -0.2) is 17.7 Å². The molecular weight excluding hydrogens is 338 g/mol. The van der Waals surface area contributed by atoms with Crippen molar-refractivity contribution >= 4 is 11.7 Å². The average molecular weight is 367 g/mol. The van der Waals surface area contributed by atoms with Crippen molar-refractivity contribution in [2.24, 2.45) is 0 Å². The molecule has 0 heterocycles. The zero-order chi connectivity index (χ0) is 19.6. The molecule has 1 saturated carbocycles. The van der Waals surface area contributed by atoms with Crippen molar-refractivity contribution in [3.63, 3.8) is 0 Å². The van der Waals surface area contributed by atoms with Crippen LogP contribution in [0.5, 0.6) is 0 Å². The molecule has 3 N–H and O–H groups in total. The molecule has 4 heteroatoms. The molecule has 0 aromatic heterocycles. The quantitative estimate of drug-likeness (QED) is 0.494. The van der Waals surface area contributed by atoms with Crippen LogP contribution in [0.2, 0.25) is 0 Å². The Morgan fingerprint density at radius 2 is 1.96 bits per heavy atom. The van der Waals surface area contributed by atoms with Crippen LogP contribution in [0.4, 0.5) is 5.69 Å². The summed E-state index contributed by atoms with van der Waals surface area (Å²) < 4.78 is 6.02. The van der Waals surface area contributed by atoms with E-state index >= 15 is 0 Å². The number of aliphatic carboxylic acids is 1. The first kappa shape index (κ1) is 19.4. The number of nitrogen functional groups attached to an aromatic ring is 1. The number of anilines is 1. The minimum absolute atomic E-state index is 0.403.